The highest BCUT2D eigenvalue weighted by atomic mass is 79.9. The Morgan fingerprint density at radius 3 is 2.72 bits per heavy atom. The van der Waals surface area contributed by atoms with E-state index in [1.807, 2.05) is 13.0 Å². The summed E-state index contributed by atoms with van der Waals surface area (Å²) in [5.41, 5.74) is 6.02. The van der Waals surface area contributed by atoms with Crippen LogP contribution in [0.2, 0.25) is 0 Å². The molecule has 0 spiro atoms. The van der Waals surface area contributed by atoms with Gasteiger partial charge >= 0.3 is 0 Å². The minimum atomic E-state index is -0.448. The van der Waals surface area contributed by atoms with Crippen LogP contribution in [0, 0.1) is 12.8 Å². The molecule has 1 unspecified atom stereocenters. The van der Waals surface area contributed by atoms with Crippen LogP contribution < -0.4 is 10.6 Å². The molecule has 0 saturated carbocycles. The van der Waals surface area contributed by atoms with Crippen molar-refractivity contribution in [3.8, 4) is 0 Å². The van der Waals surface area contributed by atoms with Crippen molar-refractivity contribution < 1.29 is 9.59 Å². The van der Waals surface area contributed by atoms with Crippen molar-refractivity contribution >= 4 is 49.5 Å². The van der Waals surface area contributed by atoms with Crippen LogP contribution in [0.1, 0.15) is 12.1 Å². The Labute approximate surface area is 121 Å². The molecule has 1 aromatic heterocycles. The fourth-order valence-corrected chi connectivity index (χ4v) is 2.99. The molecule has 1 aliphatic heterocycles. The van der Waals surface area contributed by atoms with Crippen LogP contribution in [0.25, 0.3) is 0 Å². The second-order valence-corrected chi connectivity index (χ2v) is 5.88. The van der Waals surface area contributed by atoms with Crippen LogP contribution >= 0.6 is 31.9 Å². The first-order valence-electron chi connectivity index (χ1n) is 5.32. The van der Waals surface area contributed by atoms with Crippen LogP contribution in [-0.4, -0.2) is 23.3 Å². The van der Waals surface area contributed by atoms with Gasteiger partial charge in [0, 0.05) is 17.4 Å². The topological polar surface area (TPSA) is 76.3 Å². The van der Waals surface area contributed by atoms with E-state index in [0.717, 1.165) is 10.2 Å². The smallest absolute Gasteiger partial charge is 0.229 e. The number of aryl methyl sites for hydroxylation is 1. The first-order valence-corrected chi connectivity index (χ1v) is 6.91. The van der Waals surface area contributed by atoms with Crippen LogP contribution in [0.5, 0.6) is 0 Å². The SMILES string of the molecule is Cc1nc(N2CC(C(N)=O)CC2=O)c(Br)cc1Br. The maximum Gasteiger partial charge on any atom is 0.229 e. The molecule has 0 radical (unpaired) electrons. The van der Waals surface area contributed by atoms with Gasteiger partial charge in [0.2, 0.25) is 11.8 Å². The number of carbonyl (C=O) groups excluding carboxylic acids is 2. The molecule has 0 aromatic carbocycles. The normalized spacial score (nSPS) is 19.4. The van der Waals surface area contributed by atoms with Crippen LogP contribution in [0.15, 0.2) is 15.0 Å². The van der Waals surface area contributed by atoms with E-state index in [0.29, 0.717) is 16.8 Å². The highest BCUT2D eigenvalue weighted by Crippen LogP contribution is 2.32. The Bertz CT molecular complexity index is 533. The molecule has 1 aliphatic rings. The summed E-state index contributed by atoms with van der Waals surface area (Å²) in [6, 6.07) is 1.84. The summed E-state index contributed by atoms with van der Waals surface area (Å²) in [6.07, 6.45) is 0.151. The average Bonchev–Trinajstić information content (AvgIpc) is 2.66. The molecule has 2 rings (SSSR count). The molecule has 18 heavy (non-hydrogen) atoms. The highest BCUT2D eigenvalue weighted by molar-refractivity contribution is 9.11. The second-order valence-electron chi connectivity index (χ2n) is 4.17. The fraction of sp³-hybridized carbons (Fsp3) is 0.364. The van der Waals surface area contributed by atoms with E-state index in [4.69, 9.17) is 5.73 Å². The fourth-order valence-electron chi connectivity index (χ4n) is 1.84. The maximum atomic E-state index is 11.9. The van der Waals surface area contributed by atoms with Crippen molar-refractivity contribution in [2.24, 2.45) is 11.7 Å². The number of halogens is 2. The van der Waals surface area contributed by atoms with Gasteiger partial charge in [0.1, 0.15) is 5.82 Å². The number of aromatic nitrogens is 1. The van der Waals surface area contributed by atoms with Crippen molar-refractivity contribution in [3.05, 3.63) is 20.7 Å². The molecular formula is C11H11Br2N3O2. The van der Waals surface area contributed by atoms with Crippen molar-refractivity contribution in [3.63, 3.8) is 0 Å². The van der Waals surface area contributed by atoms with Gasteiger partial charge in [-0.1, -0.05) is 0 Å². The van der Waals surface area contributed by atoms with Crippen LogP contribution in [-0.2, 0) is 9.59 Å². The third-order valence-corrected chi connectivity index (χ3v) is 4.26. The molecule has 5 nitrogen and oxygen atoms in total. The summed E-state index contributed by atoms with van der Waals surface area (Å²) in [5.74, 6) is -0.482. The van der Waals surface area contributed by atoms with Gasteiger partial charge in [-0.2, -0.15) is 0 Å². The largest absolute Gasteiger partial charge is 0.369 e. The lowest BCUT2D eigenvalue weighted by atomic mass is 10.1. The number of nitrogens with two attached hydrogens (primary N) is 1. The predicted molar refractivity (Wildman–Crippen MR) is 74.0 cm³/mol. The minimum absolute atomic E-state index is 0.131. The molecule has 1 saturated heterocycles. The number of anilines is 1. The molecule has 2 N–H and O–H groups in total. The first-order chi connectivity index (χ1) is 8.40. The molecular weight excluding hydrogens is 366 g/mol. The first kappa shape index (κ1) is 13.5. The predicted octanol–water partition coefficient (Wildman–Crippen LogP) is 1.75. The van der Waals surface area contributed by atoms with Gasteiger partial charge in [0.05, 0.1) is 16.1 Å². The van der Waals surface area contributed by atoms with E-state index in [-0.39, 0.29) is 12.3 Å². The van der Waals surface area contributed by atoms with Crippen LogP contribution in [0.3, 0.4) is 0 Å². The lowest BCUT2D eigenvalue weighted by Gasteiger charge is -2.17. The number of amides is 2. The van der Waals surface area contributed by atoms with Crippen molar-refractivity contribution in [2.45, 2.75) is 13.3 Å². The van der Waals surface area contributed by atoms with Gasteiger partial charge in [0.25, 0.3) is 0 Å². The van der Waals surface area contributed by atoms with Gasteiger partial charge in [-0.3, -0.25) is 14.5 Å². The molecule has 1 aromatic rings. The molecule has 7 heteroatoms. The lowest BCUT2D eigenvalue weighted by Crippen LogP contribution is -2.29. The van der Waals surface area contributed by atoms with Gasteiger partial charge < -0.3 is 5.73 Å². The van der Waals surface area contributed by atoms with Crippen molar-refractivity contribution in [1.29, 1.82) is 0 Å². The minimum Gasteiger partial charge on any atom is -0.369 e. The molecule has 0 bridgehead atoms. The zero-order chi connectivity index (χ0) is 13.4. The van der Waals surface area contributed by atoms with E-state index in [9.17, 15) is 9.59 Å². The van der Waals surface area contributed by atoms with Gasteiger partial charge in [-0.15, -0.1) is 0 Å². The summed E-state index contributed by atoms with van der Waals surface area (Å²) in [4.78, 5) is 28.9. The van der Waals surface area contributed by atoms with E-state index < -0.39 is 11.8 Å². The summed E-state index contributed by atoms with van der Waals surface area (Å²) in [7, 11) is 0. The van der Waals surface area contributed by atoms with Crippen molar-refractivity contribution in [1.82, 2.24) is 4.98 Å². The van der Waals surface area contributed by atoms with Crippen molar-refractivity contribution in [2.75, 3.05) is 11.4 Å². The van der Waals surface area contributed by atoms with E-state index >= 15 is 0 Å². The lowest BCUT2D eigenvalue weighted by molar-refractivity contribution is -0.123. The molecule has 0 aliphatic carbocycles. The summed E-state index contributed by atoms with van der Waals surface area (Å²) in [5, 5.41) is 0. The summed E-state index contributed by atoms with van der Waals surface area (Å²) < 4.78 is 1.56. The number of hydrogen-bond donors (Lipinski definition) is 1. The van der Waals surface area contributed by atoms with E-state index in [1.165, 1.54) is 4.90 Å². The third-order valence-electron chi connectivity index (χ3n) is 2.87. The molecule has 2 amide bonds. The third kappa shape index (κ3) is 2.42. The molecule has 2 heterocycles. The monoisotopic (exact) mass is 375 g/mol. The van der Waals surface area contributed by atoms with Gasteiger partial charge in [0.15, 0.2) is 0 Å². The Morgan fingerprint density at radius 2 is 2.17 bits per heavy atom. The maximum absolute atomic E-state index is 11.9. The number of primary amides is 1. The van der Waals surface area contributed by atoms with Crippen LogP contribution in [0.4, 0.5) is 5.82 Å². The second kappa shape index (κ2) is 4.97. The number of nitrogens with zero attached hydrogens (tertiary/aromatic N) is 2. The zero-order valence-corrected chi connectivity index (χ0v) is 12.8. The van der Waals surface area contributed by atoms with E-state index in [1.54, 1.807) is 0 Å². The molecule has 96 valence electrons. The number of hydrogen-bond acceptors (Lipinski definition) is 3. The number of pyridine rings is 1. The Kier molecular flexibility index (Phi) is 3.72. The highest BCUT2D eigenvalue weighted by Gasteiger charge is 2.35. The Hall–Kier alpha value is -0.950. The quantitative estimate of drug-likeness (QED) is 0.854. The molecule has 1 atom stereocenters. The van der Waals surface area contributed by atoms with Gasteiger partial charge in [-0.25, -0.2) is 4.98 Å². The number of carbonyl (C=O) groups is 2. The Morgan fingerprint density at radius 1 is 1.50 bits per heavy atom. The zero-order valence-electron chi connectivity index (χ0n) is 9.61. The average molecular weight is 377 g/mol. The van der Waals surface area contributed by atoms with Gasteiger partial charge in [-0.05, 0) is 44.8 Å². The molecule has 1 fully saturated rings. The number of rotatable bonds is 2. The van der Waals surface area contributed by atoms with E-state index in [2.05, 4.69) is 36.8 Å². The Balaban J connectivity index is 2.35. The summed E-state index contributed by atoms with van der Waals surface area (Å²) >= 11 is 6.74. The summed E-state index contributed by atoms with van der Waals surface area (Å²) in [6.45, 7) is 2.13. The standard InChI is InChI=1S/C11H11Br2N3O2/c1-5-7(12)3-8(13)11(15-5)16-4-6(10(14)18)2-9(16)17/h3,6H,2,4H2,1H3,(H2,14,18).